The molecule has 0 saturated heterocycles. The number of carbonyl (C=O) groups is 2. The molecule has 3 N–H and O–H groups in total. The lowest BCUT2D eigenvalue weighted by molar-refractivity contribution is 0.0528. The number of ether oxygens (including phenoxy) is 1. The molecule has 0 saturated carbocycles. The van der Waals surface area contributed by atoms with Crippen LogP contribution in [0.15, 0.2) is 24.3 Å². The maximum absolute atomic E-state index is 11.5. The standard InChI is InChI=1S/C18H20N2O4/c1-18(2,3)24-17(23)19-9-5-4-6-12-7-8-14-13(10-12)11-15(20-14)16(21)22/h7-8,10-11,20H,5,9H2,1-3H3,(H,19,23)(H,21,22). The van der Waals surface area contributed by atoms with Crippen LogP contribution in [0.1, 0.15) is 43.2 Å². The molecular formula is C18H20N2O4. The van der Waals surface area contributed by atoms with E-state index in [2.05, 4.69) is 22.1 Å². The van der Waals surface area contributed by atoms with Crippen LogP contribution in [-0.4, -0.2) is 34.3 Å². The van der Waals surface area contributed by atoms with Crippen molar-refractivity contribution in [2.75, 3.05) is 6.54 Å². The Morgan fingerprint density at radius 3 is 2.71 bits per heavy atom. The fraction of sp³-hybridized carbons (Fsp3) is 0.333. The van der Waals surface area contributed by atoms with Crippen molar-refractivity contribution in [2.45, 2.75) is 32.8 Å². The van der Waals surface area contributed by atoms with E-state index in [0.717, 1.165) is 16.5 Å². The summed E-state index contributed by atoms with van der Waals surface area (Å²) in [7, 11) is 0. The third kappa shape index (κ3) is 5.06. The quantitative estimate of drug-likeness (QED) is 0.596. The van der Waals surface area contributed by atoms with Crippen LogP contribution < -0.4 is 5.32 Å². The van der Waals surface area contributed by atoms with Gasteiger partial charge in [0.05, 0.1) is 0 Å². The summed E-state index contributed by atoms with van der Waals surface area (Å²) >= 11 is 0. The maximum atomic E-state index is 11.5. The Kier molecular flexibility index (Phi) is 5.14. The predicted molar refractivity (Wildman–Crippen MR) is 91.0 cm³/mol. The summed E-state index contributed by atoms with van der Waals surface area (Å²) in [4.78, 5) is 25.2. The Hall–Kier alpha value is -2.94. The minimum absolute atomic E-state index is 0.150. The Bertz CT molecular complexity index is 819. The zero-order valence-electron chi connectivity index (χ0n) is 13.9. The minimum Gasteiger partial charge on any atom is -0.477 e. The van der Waals surface area contributed by atoms with E-state index < -0.39 is 17.7 Å². The molecule has 0 bridgehead atoms. The Morgan fingerprint density at radius 2 is 2.04 bits per heavy atom. The first-order valence-electron chi connectivity index (χ1n) is 7.56. The van der Waals surface area contributed by atoms with E-state index in [9.17, 15) is 9.59 Å². The van der Waals surface area contributed by atoms with Gasteiger partial charge in [-0.15, -0.1) is 0 Å². The van der Waals surface area contributed by atoms with Crippen molar-refractivity contribution < 1.29 is 19.4 Å². The number of carboxylic acid groups (broad SMARTS) is 1. The predicted octanol–water partition coefficient (Wildman–Crippen LogP) is 3.13. The summed E-state index contributed by atoms with van der Waals surface area (Å²) < 4.78 is 5.12. The van der Waals surface area contributed by atoms with Gasteiger partial charge in [0.1, 0.15) is 11.3 Å². The van der Waals surface area contributed by atoms with Gasteiger partial charge in [-0.3, -0.25) is 0 Å². The first kappa shape index (κ1) is 17.4. The number of carboxylic acids is 1. The molecule has 2 rings (SSSR count). The lowest BCUT2D eigenvalue weighted by atomic mass is 10.1. The third-order valence-electron chi connectivity index (χ3n) is 3.00. The van der Waals surface area contributed by atoms with Crippen molar-refractivity contribution in [3.63, 3.8) is 0 Å². The summed E-state index contributed by atoms with van der Waals surface area (Å²) in [5.74, 6) is 4.97. The Morgan fingerprint density at radius 1 is 1.29 bits per heavy atom. The highest BCUT2D eigenvalue weighted by molar-refractivity contribution is 5.94. The number of aromatic amines is 1. The molecule has 0 atom stereocenters. The SMILES string of the molecule is CC(C)(C)OC(=O)NCCC#Cc1ccc2[nH]c(C(=O)O)cc2c1. The van der Waals surface area contributed by atoms with Gasteiger partial charge < -0.3 is 20.1 Å². The summed E-state index contributed by atoms with van der Waals surface area (Å²) in [5, 5.41) is 12.4. The highest BCUT2D eigenvalue weighted by atomic mass is 16.6. The number of rotatable bonds is 3. The molecule has 0 spiro atoms. The second-order valence-electron chi connectivity index (χ2n) is 6.27. The van der Waals surface area contributed by atoms with E-state index in [-0.39, 0.29) is 5.69 Å². The molecule has 126 valence electrons. The summed E-state index contributed by atoms with van der Waals surface area (Å²) in [6.07, 6.45) is 0.0318. The highest BCUT2D eigenvalue weighted by Crippen LogP contribution is 2.17. The molecular weight excluding hydrogens is 308 g/mol. The molecule has 24 heavy (non-hydrogen) atoms. The number of amides is 1. The van der Waals surface area contributed by atoms with Crippen LogP contribution in [-0.2, 0) is 4.74 Å². The fourth-order valence-electron chi connectivity index (χ4n) is 2.03. The lowest BCUT2D eigenvalue weighted by Gasteiger charge is -2.19. The van der Waals surface area contributed by atoms with E-state index in [1.165, 1.54) is 0 Å². The average Bonchev–Trinajstić information content (AvgIpc) is 2.88. The molecule has 6 nitrogen and oxygen atoms in total. The van der Waals surface area contributed by atoms with Gasteiger partial charge in [-0.2, -0.15) is 0 Å². The summed E-state index contributed by atoms with van der Waals surface area (Å²) in [5.41, 5.74) is 1.17. The maximum Gasteiger partial charge on any atom is 0.407 e. The highest BCUT2D eigenvalue weighted by Gasteiger charge is 2.15. The Balaban J connectivity index is 1.90. The van der Waals surface area contributed by atoms with E-state index in [0.29, 0.717) is 13.0 Å². The molecule has 6 heteroatoms. The fourth-order valence-corrected chi connectivity index (χ4v) is 2.03. The second kappa shape index (κ2) is 7.09. The van der Waals surface area contributed by atoms with Crippen molar-refractivity contribution in [1.82, 2.24) is 10.3 Å². The van der Waals surface area contributed by atoms with Gasteiger partial charge in [0.15, 0.2) is 0 Å². The van der Waals surface area contributed by atoms with Gasteiger partial charge in [-0.05, 0) is 45.0 Å². The van der Waals surface area contributed by atoms with Gasteiger partial charge in [0, 0.05) is 29.4 Å². The molecule has 0 aliphatic carbocycles. The number of carbonyl (C=O) groups excluding carboxylic acids is 1. The number of hydrogen-bond acceptors (Lipinski definition) is 3. The number of nitrogens with one attached hydrogen (secondary N) is 2. The van der Waals surface area contributed by atoms with E-state index in [4.69, 9.17) is 9.84 Å². The van der Waals surface area contributed by atoms with E-state index in [1.807, 2.05) is 12.1 Å². The minimum atomic E-state index is -0.993. The zero-order chi connectivity index (χ0) is 17.7. The van der Waals surface area contributed by atoms with Crippen LogP contribution in [0.2, 0.25) is 0 Å². The van der Waals surface area contributed by atoms with Crippen LogP contribution in [0.4, 0.5) is 4.79 Å². The second-order valence-corrected chi connectivity index (χ2v) is 6.27. The molecule has 0 unspecified atom stereocenters. The molecule has 2 aromatic rings. The van der Waals surface area contributed by atoms with Crippen LogP contribution in [0, 0.1) is 11.8 Å². The number of fused-ring (bicyclic) bond motifs is 1. The van der Waals surface area contributed by atoms with Crippen molar-refractivity contribution in [3.05, 3.63) is 35.5 Å². The van der Waals surface area contributed by atoms with Gasteiger partial charge >= 0.3 is 12.1 Å². The molecule has 0 aliphatic rings. The number of aromatic carboxylic acids is 1. The molecule has 0 fully saturated rings. The topological polar surface area (TPSA) is 91.4 Å². The van der Waals surface area contributed by atoms with Crippen LogP contribution >= 0.6 is 0 Å². The van der Waals surface area contributed by atoms with Crippen molar-refractivity contribution in [1.29, 1.82) is 0 Å². The first-order chi connectivity index (χ1) is 11.2. The van der Waals surface area contributed by atoms with E-state index in [1.54, 1.807) is 32.9 Å². The number of H-pyrrole nitrogens is 1. The van der Waals surface area contributed by atoms with Gasteiger partial charge in [-0.25, -0.2) is 9.59 Å². The molecule has 0 aliphatic heterocycles. The normalized spacial score (nSPS) is 10.8. The first-order valence-corrected chi connectivity index (χ1v) is 7.56. The number of hydrogen-bond donors (Lipinski definition) is 3. The molecule has 1 aromatic heterocycles. The molecule has 1 amide bonds. The van der Waals surface area contributed by atoms with Crippen molar-refractivity contribution in [3.8, 4) is 11.8 Å². The van der Waals surface area contributed by atoms with Crippen molar-refractivity contribution in [2.24, 2.45) is 0 Å². The average molecular weight is 328 g/mol. The summed E-state index contributed by atoms with van der Waals surface area (Å²) in [6.45, 7) is 5.81. The van der Waals surface area contributed by atoms with E-state index >= 15 is 0 Å². The smallest absolute Gasteiger partial charge is 0.407 e. The summed E-state index contributed by atoms with van der Waals surface area (Å²) in [6, 6.07) is 7.02. The molecule has 1 aromatic carbocycles. The van der Waals surface area contributed by atoms with Crippen LogP contribution in [0.3, 0.4) is 0 Å². The Labute approximate surface area is 140 Å². The number of aromatic nitrogens is 1. The third-order valence-corrected chi connectivity index (χ3v) is 3.00. The van der Waals surface area contributed by atoms with Gasteiger partial charge in [0.25, 0.3) is 0 Å². The van der Waals surface area contributed by atoms with Crippen LogP contribution in [0.25, 0.3) is 10.9 Å². The zero-order valence-corrected chi connectivity index (χ0v) is 13.9. The largest absolute Gasteiger partial charge is 0.477 e. The van der Waals surface area contributed by atoms with Gasteiger partial charge in [-0.1, -0.05) is 11.8 Å². The monoisotopic (exact) mass is 328 g/mol. The number of alkyl carbamates (subject to hydrolysis) is 1. The van der Waals surface area contributed by atoms with Crippen LogP contribution in [0.5, 0.6) is 0 Å². The number of benzene rings is 1. The van der Waals surface area contributed by atoms with Gasteiger partial charge in [0.2, 0.25) is 0 Å². The lowest BCUT2D eigenvalue weighted by Crippen LogP contribution is -2.32. The van der Waals surface area contributed by atoms with Crippen molar-refractivity contribution >= 4 is 23.0 Å². The molecule has 0 radical (unpaired) electrons. The molecule has 1 heterocycles.